The van der Waals surface area contributed by atoms with Crippen molar-refractivity contribution >= 4 is 0 Å². The van der Waals surface area contributed by atoms with Crippen LogP contribution in [0.4, 0.5) is 0 Å². The van der Waals surface area contributed by atoms with Crippen LogP contribution in [-0.4, -0.2) is 34.6 Å². The van der Waals surface area contributed by atoms with Crippen molar-refractivity contribution in [3.63, 3.8) is 0 Å². The lowest BCUT2D eigenvalue weighted by atomic mass is 10.4. The Hall–Kier alpha value is -2.40. The lowest BCUT2D eigenvalue weighted by Gasteiger charge is -2.11. The lowest BCUT2D eigenvalue weighted by Crippen LogP contribution is -2.30. The fourth-order valence-electron chi connectivity index (χ4n) is 0.519. The molecule has 0 radical (unpaired) electrons. The van der Waals surface area contributed by atoms with E-state index in [1.165, 1.54) is 0 Å². The SMILES string of the molecule is O=[15N+]([O-])OCC(CO[15N+](=O)[O-])O[15N+](=O)[O-]. The molecular formula is C3H5N3O9. The Balaban J connectivity index is 3.99. The highest BCUT2D eigenvalue weighted by atomic mass is 17.2. The van der Waals surface area contributed by atoms with Gasteiger partial charge in [0.25, 0.3) is 15.3 Å². The van der Waals surface area contributed by atoms with Crippen LogP contribution in [0.15, 0.2) is 0 Å². The summed E-state index contributed by atoms with van der Waals surface area (Å²) >= 11 is 0. The van der Waals surface area contributed by atoms with Crippen LogP contribution in [0, 0.1) is 30.3 Å². The summed E-state index contributed by atoms with van der Waals surface area (Å²) < 4.78 is 0. The second-order valence-corrected chi connectivity index (χ2v) is 1.99. The molecule has 0 atom stereocenters. The van der Waals surface area contributed by atoms with Crippen molar-refractivity contribution in [3.05, 3.63) is 30.3 Å². The van der Waals surface area contributed by atoms with E-state index in [4.69, 9.17) is 0 Å². The predicted octanol–water partition coefficient (Wildman–Crippen LogP) is -1.02. The standard InChI is InChI=1S/C3H5N3O9/c7-4(8)13-1-3(15-6(11)12)2-14-5(9)10/h3H,1-2H2/i4+1,5+1,6+1. The van der Waals surface area contributed by atoms with Gasteiger partial charge < -0.3 is 14.5 Å². The van der Waals surface area contributed by atoms with Gasteiger partial charge in [-0.2, -0.15) is 0 Å². The fourth-order valence-corrected chi connectivity index (χ4v) is 0.519. The van der Waals surface area contributed by atoms with E-state index in [1.807, 2.05) is 0 Å². The molecule has 0 aliphatic carbocycles. The van der Waals surface area contributed by atoms with Crippen LogP contribution in [0.1, 0.15) is 0 Å². The Labute approximate surface area is 80.6 Å². The molecule has 0 spiro atoms. The second kappa shape index (κ2) is 6.11. The highest BCUT2D eigenvalue weighted by Gasteiger charge is 2.17. The maximum absolute atomic E-state index is 9.83. The van der Waals surface area contributed by atoms with Gasteiger partial charge in [0.15, 0.2) is 6.10 Å². The number of rotatable bonds is 8. The monoisotopic (exact) mass is 230 g/mol. The Morgan fingerprint density at radius 3 is 1.53 bits per heavy atom. The lowest BCUT2D eigenvalue weighted by molar-refractivity contribution is -0.803. The van der Waals surface area contributed by atoms with Gasteiger partial charge >= 0.3 is 0 Å². The molecule has 0 bridgehead atoms. The third-order valence-corrected chi connectivity index (χ3v) is 0.967. The maximum atomic E-state index is 9.83. The molecule has 0 aliphatic heterocycles. The number of hydrogen-bond donors (Lipinski definition) is 0. The van der Waals surface area contributed by atoms with E-state index in [1.54, 1.807) is 0 Å². The normalized spacial score (nSPS) is 9.40. The summed E-state index contributed by atoms with van der Waals surface area (Å²) in [6.45, 7) is -1.69. The molecule has 0 aromatic carbocycles. The zero-order valence-electron chi connectivity index (χ0n) is 7.01. The highest BCUT2D eigenvalue weighted by Crippen LogP contribution is 1.96. The summed E-state index contributed by atoms with van der Waals surface area (Å²) in [5.74, 6) is 0. The molecule has 86 valence electrons. The molecule has 0 aromatic rings. The summed E-state index contributed by atoms with van der Waals surface area (Å²) in [7, 11) is 0. The van der Waals surface area contributed by atoms with Gasteiger partial charge in [0.05, 0.1) is 0 Å². The van der Waals surface area contributed by atoms with Crippen LogP contribution >= 0.6 is 0 Å². The molecule has 0 heterocycles. The van der Waals surface area contributed by atoms with E-state index in [9.17, 15) is 30.3 Å². The van der Waals surface area contributed by atoms with E-state index in [-0.39, 0.29) is 0 Å². The van der Waals surface area contributed by atoms with Crippen LogP contribution in [0.5, 0.6) is 0 Å². The molecular weight excluding hydrogens is 225 g/mol. The molecule has 0 unspecified atom stereocenters. The first kappa shape index (κ1) is 12.6. The summed E-state index contributed by atoms with van der Waals surface area (Å²) in [6, 6.07) is 0. The van der Waals surface area contributed by atoms with Gasteiger partial charge in [0.1, 0.15) is 13.2 Å². The van der Waals surface area contributed by atoms with E-state index in [0.29, 0.717) is 0 Å². The molecule has 0 fully saturated rings. The zero-order chi connectivity index (χ0) is 11.8. The first-order chi connectivity index (χ1) is 6.91. The van der Waals surface area contributed by atoms with Crippen LogP contribution in [0.2, 0.25) is 0 Å². The minimum absolute atomic E-state index is 0.845. The second-order valence-electron chi connectivity index (χ2n) is 1.99. The molecule has 0 amide bonds. The van der Waals surface area contributed by atoms with Crippen molar-refractivity contribution in [1.29, 1.82) is 0 Å². The fraction of sp³-hybridized carbons (Fsp3) is 1.00. The average Bonchev–Trinajstić information content (AvgIpc) is 2.08. The molecule has 0 saturated carbocycles. The largest absolute Gasteiger partial charge is 0.311 e. The smallest absolute Gasteiger partial charge is 0.294 e. The molecule has 0 aliphatic rings. The van der Waals surface area contributed by atoms with Crippen molar-refractivity contribution in [2.75, 3.05) is 13.2 Å². The Bertz CT molecular complexity index is 235. The Morgan fingerprint density at radius 1 is 0.867 bits per heavy atom. The molecule has 0 rings (SSSR count). The minimum atomic E-state index is -1.55. The third kappa shape index (κ3) is 7.94. The molecule has 0 aromatic heterocycles. The van der Waals surface area contributed by atoms with Crippen molar-refractivity contribution in [3.8, 4) is 0 Å². The topological polar surface area (TPSA) is 157 Å². The van der Waals surface area contributed by atoms with Gasteiger partial charge in [0, 0.05) is 0 Å². The third-order valence-electron chi connectivity index (χ3n) is 0.967. The Morgan fingerprint density at radius 2 is 1.27 bits per heavy atom. The summed E-state index contributed by atoms with van der Waals surface area (Å²) in [5.41, 5.74) is 0. The van der Waals surface area contributed by atoms with Gasteiger partial charge in [0.2, 0.25) is 0 Å². The molecule has 12 nitrogen and oxygen atoms in total. The molecule has 0 N–H and O–H groups in total. The minimum Gasteiger partial charge on any atom is -0.311 e. The average molecular weight is 230 g/mol. The summed E-state index contributed by atoms with van der Waals surface area (Å²) in [6.07, 6.45) is -1.55. The summed E-state index contributed by atoms with van der Waals surface area (Å²) in [5, 5.41) is 25.5. The maximum Gasteiger partial charge on any atom is 0.294 e. The van der Waals surface area contributed by atoms with E-state index >= 15 is 0 Å². The van der Waals surface area contributed by atoms with Crippen LogP contribution in [0.25, 0.3) is 0 Å². The molecule has 12 heteroatoms. The Kier molecular flexibility index (Phi) is 5.14. The van der Waals surface area contributed by atoms with Crippen molar-refractivity contribution in [2.45, 2.75) is 6.10 Å². The van der Waals surface area contributed by atoms with E-state index < -0.39 is 34.6 Å². The quantitative estimate of drug-likeness (QED) is 0.289. The molecule has 0 saturated heterocycles. The van der Waals surface area contributed by atoms with Crippen molar-refractivity contribution in [1.82, 2.24) is 0 Å². The van der Waals surface area contributed by atoms with Gasteiger partial charge in [-0.05, 0) is 0 Å². The van der Waals surface area contributed by atoms with Gasteiger partial charge in [-0.3, -0.25) is 0 Å². The van der Waals surface area contributed by atoms with Gasteiger partial charge in [-0.1, -0.05) is 0 Å². The first-order valence-corrected chi connectivity index (χ1v) is 3.27. The highest BCUT2D eigenvalue weighted by molar-refractivity contribution is 4.49. The van der Waals surface area contributed by atoms with Crippen LogP contribution in [0.3, 0.4) is 0 Å². The van der Waals surface area contributed by atoms with E-state index in [2.05, 4.69) is 14.5 Å². The van der Waals surface area contributed by atoms with Crippen LogP contribution < -0.4 is 0 Å². The predicted molar refractivity (Wildman–Crippen MR) is 37.8 cm³/mol. The number of nitrogens with zero attached hydrogens (tertiary/aromatic N) is 3. The van der Waals surface area contributed by atoms with Crippen molar-refractivity contribution < 1.29 is 29.8 Å². The van der Waals surface area contributed by atoms with Crippen molar-refractivity contribution in [2.24, 2.45) is 0 Å². The zero-order valence-corrected chi connectivity index (χ0v) is 7.01. The summed E-state index contributed by atoms with van der Waals surface area (Å²) in [4.78, 5) is 40.5. The number of hydrogen-bond acceptors (Lipinski definition) is 9. The van der Waals surface area contributed by atoms with Gasteiger partial charge in [-0.15, -0.1) is 30.3 Å². The van der Waals surface area contributed by atoms with Crippen LogP contribution in [-0.2, 0) is 14.5 Å². The molecule has 15 heavy (non-hydrogen) atoms. The van der Waals surface area contributed by atoms with Gasteiger partial charge in [-0.25, -0.2) is 0 Å². The van der Waals surface area contributed by atoms with E-state index in [0.717, 1.165) is 0 Å². The first-order valence-electron chi connectivity index (χ1n) is 3.27.